The zero-order valence-corrected chi connectivity index (χ0v) is 9.80. The number of hydrogen-bond acceptors (Lipinski definition) is 4. The summed E-state index contributed by atoms with van der Waals surface area (Å²) in [5.74, 6) is -0.736. The molecule has 0 aliphatic rings. The van der Waals surface area contributed by atoms with Gasteiger partial charge in [0.2, 0.25) is 0 Å². The molecule has 1 aromatic carbocycles. The number of rotatable bonds is 5. The summed E-state index contributed by atoms with van der Waals surface area (Å²) in [5, 5.41) is 0. The number of alkyl halides is 3. The van der Waals surface area contributed by atoms with Gasteiger partial charge >= 0.3 is 6.36 Å². The minimum absolute atomic E-state index is 0.0272. The molecule has 0 amide bonds. The van der Waals surface area contributed by atoms with Crippen molar-refractivity contribution in [2.24, 2.45) is 5.73 Å². The van der Waals surface area contributed by atoms with Crippen LogP contribution in [0.3, 0.4) is 0 Å². The largest absolute Gasteiger partial charge is 0.573 e. The first kappa shape index (κ1) is 11.5. The molecule has 0 unspecified atom stereocenters. The van der Waals surface area contributed by atoms with Crippen molar-refractivity contribution in [1.29, 1.82) is 0 Å². The molecular weight excluding hydrogens is 251 g/mol. The van der Waals surface area contributed by atoms with E-state index in [1.54, 1.807) is 0 Å². The molecule has 0 saturated heterocycles. The van der Waals surface area contributed by atoms with E-state index >= 15 is 0 Å². The molecule has 0 atom stereocenters. The van der Waals surface area contributed by atoms with E-state index < -0.39 is 18.6 Å². The highest BCUT2D eigenvalue weighted by Gasteiger charge is 2.33. The summed E-state index contributed by atoms with van der Waals surface area (Å²) in [6.07, 6.45) is -5.12. The molecule has 4 nitrogen and oxygen atoms in total. The van der Waals surface area contributed by atoms with E-state index in [0.29, 0.717) is 0 Å². The summed E-state index contributed by atoms with van der Waals surface area (Å²) < 4.78 is 64.9. The van der Waals surface area contributed by atoms with Gasteiger partial charge in [0, 0.05) is 8.81 Å². The van der Waals surface area contributed by atoms with E-state index in [4.69, 9.17) is 17.9 Å². The van der Waals surface area contributed by atoms with Gasteiger partial charge < -0.3 is 19.9 Å². The van der Waals surface area contributed by atoms with E-state index in [1.807, 2.05) is 0 Å². The molecule has 0 aliphatic heterocycles. The van der Waals surface area contributed by atoms with Crippen molar-refractivity contribution >= 4 is 0 Å². The third-order valence-corrected chi connectivity index (χ3v) is 2.08. The van der Waals surface area contributed by atoms with Crippen molar-refractivity contribution < 1.29 is 30.1 Å². The van der Waals surface area contributed by atoms with Crippen LogP contribution in [0.2, 0.25) is 0 Å². The van der Waals surface area contributed by atoms with Gasteiger partial charge in [0.05, 0.1) is 14.2 Å². The Morgan fingerprint density at radius 3 is 2.22 bits per heavy atom. The van der Waals surface area contributed by atoms with Crippen molar-refractivity contribution in [3.63, 3.8) is 0 Å². The average Bonchev–Trinajstić information content (AvgIpc) is 2.26. The predicted molar refractivity (Wildman–Crippen MR) is 59.0 cm³/mol. The first-order valence-electron chi connectivity index (χ1n) is 5.85. The smallest absolute Gasteiger partial charge is 0.496 e. The van der Waals surface area contributed by atoms with Crippen LogP contribution in [0.25, 0.3) is 0 Å². The molecule has 7 heteroatoms. The highest BCUT2D eigenvalue weighted by atomic mass is 19.4. The number of aryl methyl sites for hydroxylation is 1. The van der Waals surface area contributed by atoms with Crippen LogP contribution < -0.4 is 19.9 Å². The molecule has 0 bridgehead atoms. The van der Waals surface area contributed by atoms with Crippen LogP contribution in [0.4, 0.5) is 13.2 Å². The molecule has 0 spiro atoms. The lowest BCUT2D eigenvalue weighted by Gasteiger charge is -2.16. The molecule has 18 heavy (non-hydrogen) atoms. The second-order valence-corrected chi connectivity index (χ2v) is 3.24. The molecule has 2 N–H and O–H groups in total. The number of ether oxygens (including phenoxy) is 3. The number of halogens is 3. The fourth-order valence-corrected chi connectivity index (χ4v) is 1.39. The quantitative estimate of drug-likeness (QED) is 0.887. The zero-order chi connectivity index (χ0) is 15.6. The van der Waals surface area contributed by atoms with Crippen LogP contribution in [-0.2, 0) is 6.42 Å². The summed E-state index contributed by atoms with van der Waals surface area (Å²) in [7, 11) is 2.42. The van der Waals surface area contributed by atoms with Gasteiger partial charge in [0.1, 0.15) is 5.75 Å². The molecule has 0 saturated carbocycles. The van der Waals surface area contributed by atoms with Gasteiger partial charge in [-0.15, -0.1) is 13.2 Å². The Morgan fingerprint density at radius 2 is 1.78 bits per heavy atom. The Morgan fingerprint density at radius 1 is 1.17 bits per heavy atom. The van der Waals surface area contributed by atoms with E-state index in [-0.39, 0.29) is 23.5 Å². The number of methoxy groups -OCH3 is 2. The second-order valence-electron chi connectivity index (χ2n) is 3.24. The maximum Gasteiger partial charge on any atom is 0.573 e. The maximum atomic E-state index is 12.3. The summed E-state index contributed by atoms with van der Waals surface area (Å²) in [4.78, 5) is 0. The number of nitrogens with two attached hydrogens (primary N) is 1. The molecular formula is C11H14F3NO3. The minimum Gasteiger partial charge on any atom is -0.496 e. The molecule has 0 aliphatic carbocycles. The molecule has 0 fully saturated rings. The Bertz CT molecular complexity index is 431. The van der Waals surface area contributed by atoms with Crippen LogP contribution in [0, 0.1) is 0 Å². The average molecular weight is 267 g/mol. The lowest BCUT2D eigenvalue weighted by molar-refractivity contribution is -0.275. The topological polar surface area (TPSA) is 53.7 Å². The van der Waals surface area contributed by atoms with Crippen LogP contribution in [0.15, 0.2) is 12.1 Å². The molecule has 1 rings (SSSR count). The lowest BCUT2D eigenvalue weighted by Crippen LogP contribution is -2.18. The summed E-state index contributed by atoms with van der Waals surface area (Å²) in [6.45, 7) is -2.04. The number of benzene rings is 1. The Kier molecular flexibility index (Phi) is 3.70. The molecule has 0 aromatic heterocycles. The standard InChI is InChI=1S/C11H14F3NO3/c1-16-8-6-10(18-11(12,13)14)9(17-2)5-7(8)3-4-15/h5-6H,3-4,15H2,1-2H3/i4D2. The Balaban J connectivity index is 3.23. The Labute approximate surface area is 105 Å². The van der Waals surface area contributed by atoms with Gasteiger partial charge in [-0.1, -0.05) is 0 Å². The highest BCUT2D eigenvalue weighted by molar-refractivity contribution is 5.51. The van der Waals surface area contributed by atoms with Gasteiger partial charge in [-0.2, -0.15) is 0 Å². The summed E-state index contributed by atoms with van der Waals surface area (Å²) in [5.41, 5.74) is 5.52. The van der Waals surface area contributed by atoms with Gasteiger partial charge in [0.15, 0.2) is 11.5 Å². The van der Waals surface area contributed by atoms with E-state index in [0.717, 1.165) is 6.07 Å². The van der Waals surface area contributed by atoms with Gasteiger partial charge in [0.25, 0.3) is 0 Å². The van der Waals surface area contributed by atoms with Gasteiger partial charge in [-0.25, -0.2) is 0 Å². The summed E-state index contributed by atoms with van der Waals surface area (Å²) >= 11 is 0. The van der Waals surface area contributed by atoms with Crippen LogP contribution in [0.1, 0.15) is 8.30 Å². The minimum atomic E-state index is -4.87. The Hall–Kier alpha value is -1.63. The fraction of sp³-hybridized carbons (Fsp3) is 0.455. The van der Waals surface area contributed by atoms with Crippen molar-refractivity contribution in [2.45, 2.75) is 12.8 Å². The van der Waals surface area contributed by atoms with Crippen molar-refractivity contribution in [2.75, 3.05) is 20.7 Å². The van der Waals surface area contributed by atoms with E-state index in [1.165, 1.54) is 20.3 Å². The van der Waals surface area contributed by atoms with Gasteiger partial charge in [-0.3, -0.25) is 0 Å². The fourth-order valence-electron chi connectivity index (χ4n) is 1.39. The van der Waals surface area contributed by atoms with Crippen molar-refractivity contribution in [3.8, 4) is 17.2 Å². The molecule has 0 radical (unpaired) electrons. The summed E-state index contributed by atoms with van der Waals surface area (Å²) in [6, 6.07) is 2.18. The van der Waals surface area contributed by atoms with Gasteiger partial charge in [-0.05, 0) is 24.5 Å². The third kappa shape index (κ3) is 3.69. The van der Waals surface area contributed by atoms with E-state index in [9.17, 15) is 13.2 Å². The maximum absolute atomic E-state index is 12.3. The van der Waals surface area contributed by atoms with E-state index in [2.05, 4.69) is 4.74 Å². The number of hydrogen-bond donors (Lipinski definition) is 1. The SMILES string of the molecule is [2H]C([2H])(N)Cc1cc(OC)c(OC(F)(F)F)cc1OC. The molecule has 1 aromatic rings. The van der Waals surface area contributed by atoms with Crippen LogP contribution in [-0.4, -0.2) is 27.1 Å². The van der Waals surface area contributed by atoms with Crippen LogP contribution in [0.5, 0.6) is 17.2 Å². The monoisotopic (exact) mass is 267 g/mol. The van der Waals surface area contributed by atoms with Crippen LogP contribution >= 0.6 is 0 Å². The first-order valence-corrected chi connectivity index (χ1v) is 4.85. The normalized spacial score (nSPS) is 13.7. The highest BCUT2D eigenvalue weighted by Crippen LogP contribution is 2.37. The predicted octanol–water partition coefficient (Wildman–Crippen LogP) is 2.10. The third-order valence-electron chi connectivity index (χ3n) is 2.08. The second kappa shape index (κ2) is 5.81. The first-order chi connectivity index (χ1) is 9.05. The zero-order valence-electron chi connectivity index (χ0n) is 11.8. The van der Waals surface area contributed by atoms with Crippen molar-refractivity contribution in [1.82, 2.24) is 0 Å². The molecule has 102 valence electrons. The molecule has 0 heterocycles. The lowest BCUT2D eigenvalue weighted by atomic mass is 10.1. The van der Waals surface area contributed by atoms with Crippen molar-refractivity contribution in [3.05, 3.63) is 17.7 Å².